The summed E-state index contributed by atoms with van der Waals surface area (Å²) in [6.45, 7) is 2.92. The van der Waals surface area contributed by atoms with Crippen molar-refractivity contribution in [2.24, 2.45) is 0 Å². The zero-order valence-electron chi connectivity index (χ0n) is 13.5. The Bertz CT molecular complexity index is 630. The summed E-state index contributed by atoms with van der Waals surface area (Å²) < 4.78 is 10.8. The van der Waals surface area contributed by atoms with Crippen LogP contribution in [0.1, 0.15) is 24.1 Å². The molecule has 2 rings (SSSR count). The van der Waals surface area contributed by atoms with Gasteiger partial charge < -0.3 is 25.0 Å². The van der Waals surface area contributed by atoms with Gasteiger partial charge in [-0.1, -0.05) is 18.2 Å². The second kappa shape index (κ2) is 8.41. The average Bonchev–Trinajstić information content (AvgIpc) is 2.57. The standard InChI is InChI=1S/C18H23NO4/c1-13(19-12-14-4-3-5-16(21)10-14)15-6-7-17(23-9-8-20)18(11-15)22-2/h3-7,10-11,13,19-21H,8-9,12H2,1-2H3. The maximum atomic E-state index is 9.49. The van der Waals surface area contributed by atoms with E-state index in [9.17, 15) is 5.11 Å². The van der Waals surface area contributed by atoms with Crippen molar-refractivity contribution in [1.82, 2.24) is 5.32 Å². The van der Waals surface area contributed by atoms with E-state index in [1.54, 1.807) is 19.2 Å². The van der Waals surface area contributed by atoms with Crippen LogP contribution in [0.4, 0.5) is 0 Å². The molecule has 0 radical (unpaired) electrons. The number of phenols is 1. The van der Waals surface area contributed by atoms with Crippen LogP contribution >= 0.6 is 0 Å². The molecule has 0 aromatic heterocycles. The average molecular weight is 317 g/mol. The summed E-state index contributed by atoms with van der Waals surface area (Å²) in [5.41, 5.74) is 2.09. The second-order valence-electron chi connectivity index (χ2n) is 5.25. The zero-order valence-corrected chi connectivity index (χ0v) is 13.5. The Labute approximate surface area is 136 Å². The first-order chi connectivity index (χ1) is 11.1. The first kappa shape index (κ1) is 17.1. The minimum atomic E-state index is -0.0349. The lowest BCUT2D eigenvalue weighted by molar-refractivity contribution is 0.196. The predicted molar refractivity (Wildman–Crippen MR) is 88.9 cm³/mol. The lowest BCUT2D eigenvalue weighted by Gasteiger charge is -2.17. The summed E-state index contributed by atoms with van der Waals surface area (Å²) >= 11 is 0. The highest BCUT2D eigenvalue weighted by Crippen LogP contribution is 2.30. The largest absolute Gasteiger partial charge is 0.508 e. The van der Waals surface area contributed by atoms with Crippen LogP contribution in [0.3, 0.4) is 0 Å². The Morgan fingerprint density at radius 3 is 2.65 bits per heavy atom. The Hall–Kier alpha value is -2.24. The molecule has 0 saturated heterocycles. The van der Waals surface area contributed by atoms with Crippen molar-refractivity contribution < 1.29 is 19.7 Å². The molecule has 0 aliphatic rings. The fraction of sp³-hybridized carbons (Fsp3) is 0.333. The van der Waals surface area contributed by atoms with Gasteiger partial charge in [-0.3, -0.25) is 0 Å². The van der Waals surface area contributed by atoms with Gasteiger partial charge in [-0.05, 0) is 42.3 Å². The maximum absolute atomic E-state index is 9.49. The minimum Gasteiger partial charge on any atom is -0.508 e. The summed E-state index contributed by atoms with van der Waals surface area (Å²) in [5.74, 6) is 1.52. The molecule has 3 N–H and O–H groups in total. The van der Waals surface area contributed by atoms with Crippen molar-refractivity contribution >= 4 is 0 Å². The van der Waals surface area contributed by atoms with Crippen molar-refractivity contribution in [3.05, 3.63) is 53.6 Å². The smallest absolute Gasteiger partial charge is 0.161 e. The lowest BCUT2D eigenvalue weighted by atomic mass is 10.1. The molecule has 5 heteroatoms. The highest BCUT2D eigenvalue weighted by Gasteiger charge is 2.10. The molecule has 0 heterocycles. The molecular weight excluding hydrogens is 294 g/mol. The molecule has 1 unspecified atom stereocenters. The maximum Gasteiger partial charge on any atom is 0.161 e. The fourth-order valence-corrected chi connectivity index (χ4v) is 2.28. The first-order valence-corrected chi connectivity index (χ1v) is 7.57. The van der Waals surface area contributed by atoms with Crippen LogP contribution in [0.2, 0.25) is 0 Å². The van der Waals surface area contributed by atoms with Crippen molar-refractivity contribution in [2.75, 3.05) is 20.3 Å². The molecule has 0 spiro atoms. The molecular formula is C18H23NO4. The van der Waals surface area contributed by atoms with E-state index in [0.29, 0.717) is 18.0 Å². The quantitative estimate of drug-likeness (QED) is 0.698. The molecule has 0 amide bonds. The van der Waals surface area contributed by atoms with Gasteiger partial charge in [0.25, 0.3) is 0 Å². The Balaban J connectivity index is 2.02. The molecule has 2 aromatic carbocycles. The SMILES string of the molecule is COc1cc(C(C)NCc2cccc(O)c2)ccc1OCCO. The zero-order chi connectivity index (χ0) is 16.7. The second-order valence-corrected chi connectivity index (χ2v) is 5.25. The molecule has 2 aromatic rings. The van der Waals surface area contributed by atoms with Crippen LogP contribution in [0.5, 0.6) is 17.2 Å². The summed E-state index contributed by atoms with van der Waals surface area (Å²) in [4.78, 5) is 0. The number of aliphatic hydroxyl groups excluding tert-OH is 1. The van der Waals surface area contributed by atoms with E-state index in [4.69, 9.17) is 14.6 Å². The van der Waals surface area contributed by atoms with E-state index in [1.807, 2.05) is 30.3 Å². The number of hydrogen-bond acceptors (Lipinski definition) is 5. The summed E-state index contributed by atoms with van der Waals surface area (Å²) in [6.07, 6.45) is 0. The molecule has 0 aliphatic heterocycles. The van der Waals surface area contributed by atoms with Crippen molar-refractivity contribution in [1.29, 1.82) is 0 Å². The molecule has 0 fully saturated rings. The highest BCUT2D eigenvalue weighted by atomic mass is 16.5. The topological polar surface area (TPSA) is 71.0 Å². The van der Waals surface area contributed by atoms with Gasteiger partial charge in [0, 0.05) is 12.6 Å². The van der Waals surface area contributed by atoms with Crippen molar-refractivity contribution in [3.63, 3.8) is 0 Å². The predicted octanol–water partition coefficient (Wildman–Crippen LogP) is 2.62. The number of methoxy groups -OCH3 is 1. The third-order valence-corrected chi connectivity index (χ3v) is 3.56. The van der Waals surface area contributed by atoms with E-state index in [-0.39, 0.29) is 25.0 Å². The molecule has 0 bridgehead atoms. The molecule has 124 valence electrons. The number of benzene rings is 2. The molecule has 1 atom stereocenters. The van der Waals surface area contributed by atoms with Crippen molar-refractivity contribution in [2.45, 2.75) is 19.5 Å². The molecule has 0 saturated carbocycles. The summed E-state index contributed by atoms with van der Waals surface area (Å²) in [5, 5.41) is 21.7. The van der Waals surface area contributed by atoms with Crippen molar-refractivity contribution in [3.8, 4) is 17.2 Å². The molecule has 0 aliphatic carbocycles. The Morgan fingerprint density at radius 1 is 1.13 bits per heavy atom. The van der Waals surface area contributed by atoms with Crippen LogP contribution in [-0.4, -0.2) is 30.5 Å². The van der Waals surface area contributed by atoms with Gasteiger partial charge in [-0.2, -0.15) is 0 Å². The van der Waals surface area contributed by atoms with Crippen LogP contribution < -0.4 is 14.8 Å². The third kappa shape index (κ3) is 4.87. The number of phenolic OH excluding ortho intramolecular Hbond substituents is 1. The van der Waals surface area contributed by atoms with Crippen LogP contribution in [0.25, 0.3) is 0 Å². The first-order valence-electron chi connectivity index (χ1n) is 7.57. The number of nitrogens with one attached hydrogen (secondary N) is 1. The van der Waals surface area contributed by atoms with E-state index >= 15 is 0 Å². The molecule has 23 heavy (non-hydrogen) atoms. The highest BCUT2D eigenvalue weighted by molar-refractivity contribution is 5.43. The van der Waals surface area contributed by atoms with Gasteiger partial charge in [-0.25, -0.2) is 0 Å². The van der Waals surface area contributed by atoms with Gasteiger partial charge in [-0.15, -0.1) is 0 Å². The Morgan fingerprint density at radius 2 is 1.96 bits per heavy atom. The van der Waals surface area contributed by atoms with Gasteiger partial charge in [0.15, 0.2) is 11.5 Å². The number of rotatable bonds is 8. The van der Waals surface area contributed by atoms with Gasteiger partial charge >= 0.3 is 0 Å². The fourth-order valence-electron chi connectivity index (χ4n) is 2.28. The number of hydrogen-bond donors (Lipinski definition) is 3. The van der Waals surface area contributed by atoms with Gasteiger partial charge in [0.2, 0.25) is 0 Å². The minimum absolute atomic E-state index is 0.0349. The van der Waals surface area contributed by atoms with E-state index in [1.165, 1.54) is 0 Å². The third-order valence-electron chi connectivity index (χ3n) is 3.56. The molecule has 5 nitrogen and oxygen atoms in total. The monoisotopic (exact) mass is 317 g/mol. The van der Waals surface area contributed by atoms with Crippen LogP contribution in [-0.2, 0) is 6.54 Å². The normalized spacial score (nSPS) is 12.0. The number of aliphatic hydroxyl groups is 1. The lowest BCUT2D eigenvalue weighted by Crippen LogP contribution is -2.18. The van der Waals surface area contributed by atoms with Crippen LogP contribution in [0.15, 0.2) is 42.5 Å². The van der Waals surface area contributed by atoms with Gasteiger partial charge in [0.1, 0.15) is 12.4 Å². The Kier molecular flexibility index (Phi) is 6.26. The number of aromatic hydroxyl groups is 1. The summed E-state index contributed by atoms with van der Waals surface area (Å²) in [7, 11) is 1.59. The van der Waals surface area contributed by atoms with Crippen LogP contribution in [0, 0.1) is 0 Å². The van der Waals surface area contributed by atoms with E-state index in [2.05, 4.69) is 12.2 Å². The van der Waals surface area contributed by atoms with E-state index < -0.39 is 0 Å². The van der Waals surface area contributed by atoms with E-state index in [0.717, 1.165) is 11.1 Å². The summed E-state index contributed by atoms with van der Waals surface area (Å²) in [6, 6.07) is 13.0. The van der Waals surface area contributed by atoms with Gasteiger partial charge in [0.05, 0.1) is 13.7 Å². The number of ether oxygens (including phenoxy) is 2.